The van der Waals surface area contributed by atoms with Crippen LogP contribution in [0.3, 0.4) is 0 Å². The molecule has 2 N–H and O–H groups in total. The summed E-state index contributed by atoms with van der Waals surface area (Å²) in [5.74, 6) is -0.737. The Bertz CT molecular complexity index is 865. The number of hydrogen-bond acceptors (Lipinski definition) is 3. The Labute approximate surface area is 158 Å². The van der Waals surface area contributed by atoms with Crippen LogP contribution >= 0.6 is 0 Å². The fourth-order valence-corrected chi connectivity index (χ4v) is 3.70. The van der Waals surface area contributed by atoms with Crippen molar-refractivity contribution in [2.24, 2.45) is 0 Å². The van der Waals surface area contributed by atoms with Crippen LogP contribution in [0.15, 0.2) is 48.5 Å². The second-order valence-corrected chi connectivity index (χ2v) is 6.56. The van der Waals surface area contributed by atoms with E-state index in [2.05, 4.69) is 11.4 Å². The molecule has 1 aliphatic rings. The number of nitrogens with zero attached hydrogens (tertiary/aromatic N) is 2. The van der Waals surface area contributed by atoms with Gasteiger partial charge in [0.2, 0.25) is 0 Å². The van der Waals surface area contributed by atoms with Crippen LogP contribution in [0, 0.1) is 17.1 Å². The lowest BCUT2D eigenvalue weighted by atomic mass is 9.73. The number of urea groups is 1. The van der Waals surface area contributed by atoms with Crippen molar-refractivity contribution >= 4 is 6.03 Å². The van der Waals surface area contributed by atoms with Gasteiger partial charge in [0.1, 0.15) is 11.9 Å². The van der Waals surface area contributed by atoms with E-state index in [1.54, 1.807) is 24.3 Å². The molecule has 0 bridgehead atoms. The first-order valence-electron chi connectivity index (χ1n) is 9.04. The smallest absolute Gasteiger partial charge is 0.318 e. The van der Waals surface area contributed by atoms with Crippen LogP contribution in [-0.4, -0.2) is 41.3 Å². The number of nitrogens with one attached hydrogen (secondary N) is 1. The van der Waals surface area contributed by atoms with Gasteiger partial charge in [-0.2, -0.15) is 5.26 Å². The van der Waals surface area contributed by atoms with E-state index in [9.17, 15) is 19.6 Å². The van der Waals surface area contributed by atoms with Gasteiger partial charge in [0.05, 0.1) is 18.7 Å². The average molecular weight is 367 g/mol. The predicted octanol–water partition coefficient (Wildman–Crippen LogP) is 3.26. The fourth-order valence-electron chi connectivity index (χ4n) is 3.70. The molecule has 0 spiro atoms. The van der Waals surface area contributed by atoms with E-state index in [-0.39, 0.29) is 24.4 Å². The summed E-state index contributed by atoms with van der Waals surface area (Å²) in [6.07, 6.45) is 0.778. The summed E-state index contributed by atoms with van der Waals surface area (Å²) >= 11 is 0. The average Bonchev–Trinajstić information content (AvgIpc) is 2.67. The van der Waals surface area contributed by atoms with Gasteiger partial charge in [0.15, 0.2) is 0 Å². The molecule has 1 saturated heterocycles. The number of carbonyl (C=O) groups excluding carboxylic acids is 1. The maximum atomic E-state index is 14.4. The molecule has 2 amide bonds. The first-order valence-corrected chi connectivity index (χ1v) is 9.04. The van der Waals surface area contributed by atoms with Crippen molar-refractivity contribution in [1.82, 2.24) is 10.2 Å². The van der Waals surface area contributed by atoms with Gasteiger partial charge in [-0.25, -0.2) is 9.18 Å². The van der Waals surface area contributed by atoms with Gasteiger partial charge in [-0.3, -0.25) is 0 Å². The molecule has 1 aliphatic heterocycles. The number of carbonyl (C=O) groups is 1. The summed E-state index contributed by atoms with van der Waals surface area (Å²) in [6.45, 7) is 2.17. The minimum absolute atomic E-state index is 0.270. The zero-order valence-corrected chi connectivity index (χ0v) is 15.1. The topological polar surface area (TPSA) is 76.4 Å². The van der Waals surface area contributed by atoms with Crippen molar-refractivity contribution in [3.05, 3.63) is 59.9 Å². The molecule has 140 valence electrons. The van der Waals surface area contributed by atoms with Gasteiger partial charge in [0.25, 0.3) is 0 Å². The third-order valence-corrected chi connectivity index (χ3v) is 4.98. The highest BCUT2D eigenvalue weighted by atomic mass is 19.1. The minimum Gasteiger partial charge on any atom is -0.394 e. The quantitative estimate of drug-likeness (QED) is 0.852. The third kappa shape index (κ3) is 3.38. The van der Waals surface area contributed by atoms with Crippen molar-refractivity contribution < 1.29 is 14.3 Å². The molecule has 0 aliphatic carbocycles. The van der Waals surface area contributed by atoms with Crippen molar-refractivity contribution in [1.29, 1.82) is 5.26 Å². The highest BCUT2D eigenvalue weighted by molar-refractivity contribution is 5.78. The molecule has 2 aromatic rings. The lowest BCUT2D eigenvalue weighted by molar-refractivity contribution is 0.0171. The summed E-state index contributed by atoms with van der Waals surface area (Å²) in [5.41, 5.74) is 1.87. The minimum atomic E-state index is -0.716. The van der Waals surface area contributed by atoms with Gasteiger partial charge in [-0.15, -0.1) is 0 Å². The molecule has 2 aromatic carbocycles. The number of aliphatic hydroxyl groups excluding tert-OH is 1. The van der Waals surface area contributed by atoms with Gasteiger partial charge < -0.3 is 15.3 Å². The maximum absolute atomic E-state index is 14.4. The number of nitriles is 1. The van der Waals surface area contributed by atoms with Gasteiger partial charge in [-0.05, 0) is 23.6 Å². The van der Waals surface area contributed by atoms with Crippen molar-refractivity contribution in [3.8, 4) is 17.2 Å². The van der Waals surface area contributed by atoms with Gasteiger partial charge in [0, 0.05) is 18.0 Å². The predicted molar refractivity (Wildman–Crippen MR) is 100 cm³/mol. The molecule has 3 atom stereocenters. The van der Waals surface area contributed by atoms with E-state index < -0.39 is 12.1 Å². The molecular weight excluding hydrogens is 345 g/mol. The van der Waals surface area contributed by atoms with Crippen LogP contribution < -0.4 is 5.32 Å². The van der Waals surface area contributed by atoms with Gasteiger partial charge in [-0.1, -0.05) is 49.4 Å². The summed E-state index contributed by atoms with van der Waals surface area (Å²) in [7, 11) is 0. The number of benzene rings is 2. The Hall–Kier alpha value is -2.91. The molecule has 3 rings (SSSR count). The first-order chi connectivity index (χ1) is 13.1. The van der Waals surface area contributed by atoms with Crippen LogP contribution in [0.1, 0.15) is 24.8 Å². The van der Waals surface area contributed by atoms with Crippen LogP contribution in [0.25, 0.3) is 11.1 Å². The Kier molecular flexibility index (Phi) is 5.72. The molecule has 0 unspecified atom stereocenters. The summed E-state index contributed by atoms with van der Waals surface area (Å²) in [5, 5.41) is 22.3. The highest BCUT2D eigenvalue weighted by Gasteiger charge is 2.52. The number of hydrogen-bond donors (Lipinski definition) is 2. The van der Waals surface area contributed by atoms with Crippen molar-refractivity contribution in [2.45, 2.75) is 31.3 Å². The van der Waals surface area contributed by atoms with Crippen LogP contribution in [-0.2, 0) is 0 Å². The van der Waals surface area contributed by atoms with E-state index >= 15 is 0 Å². The first kappa shape index (κ1) is 18.9. The van der Waals surface area contributed by atoms with E-state index in [0.717, 1.165) is 12.0 Å². The van der Waals surface area contributed by atoms with Crippen LogP contribution in [0.2, 0.25) is 0 Å². The SMILES string of the molecule is CCCNC(=O)N1[C@H](CO)[C@@H](c2ccccc2-c2ccccc2F)[C@@H]1C#N. The van der Waals surface area contributed by atoms with Crippen molar-refractivity contribution in [3.63, 3.8) is 0 Å². The van der Waals surface area contributed by atoms with E-state index in [1.807, 2.05) is 25.1 Å². The monoisotopic (exact) mass is 367 g/mol. The number of rotatable bonds is 5. The Morgan fingerprint density at radius 1 is 1.22 bits per heavy atom. The molecular formula is C21H22FN3O2. The molecule has 1 heterocycles. The molecule has 6 heteroatoms. The number of likely N-dealkylation sites (tertiary alicyclic amines) is 1. The Morgan fingerprint density at radius 3 is 2.52 bits per heavy atom. The molecule has 5 nitrogen and oxygen atoms in total. The van der Waals surface area contributed by atoms with E-state index in [4.69, 9.17) is 0 Å². The Morgan fingerprint density at radius 2 is 1.89 bits per heavy atom. The zero-order valence-electron chi connectivity index (χ0n) is 15.1. The largest absolute Gasteiger partial charge is 0.394 e. The molecule has 27 heavy (non-hydrogen) atoms. The standard InChI is InChI=1S/C21H22FN3O2/c1-2-11-24-21(27)25-18(12-23)20(19(25)13-26)16-9-4-3-7-14(16)15-8-5-6-10-17(15)22/h3-10,18-20,26H,2,11,13H2,1H3,(H,24,27)/t18-,19+,20-/m0/s1. The van der Waals surface area contributed by atoms with Crippen molar-refractivity contribution in [2.75, 3.05) is 13.2 Å². The van der Waals surface area contributed by atoms with E-state index in [1.165, 1.54) is 11.0 Å². The third-order valence-electron chi connectivity index (χ3n) is 4.98. The summed E-state index contributed by atoms with van der Waals surface area (Å²) < 4.78 is 14.4. The Balaban J connectivity index is 1.99. The lowest BCUT2D eigenvalue weighted by Crippen LogP contribution is -2.67. The number of amides is 2. The second-order valence-electron chi connectivity index (χ2n) is 6.56. The maximum Gasteiger partial charge on any atom is 0.318 e. The molecule has 0 saturated carbocycles. The van der Waals surface area contributed by atoms with Gasteiger partial charge >= 0.3 is 6.03 Å². The number of halogens is 1. The second kappa shape index (κ2) is 8.19. The fraction of sp³-hybridized carbons (Fsp3) is 0.333. The van der Waals surface area contributed by atoms with Crippen LogP contribution in [0.4, 0.5) is 9.18 Å². The highest BCUT2D eigenvalue weighted by Crippen LogP contribution is 2.44. The number of aliphatic hydroxyl groups is 1. The normalized spacial score (nSPS) is 21.3. The summed E-state index contributed by atoms with van der Waals surface area (Å²) in [6, 6.07) is 14.3. The van der Waals surface area contributed by atoms with Crippen LogP contribution in [0.5, 0.6) is 0 Å². The lowest BCUT2D eigenvalue weighted by Gasteiger charge is -2.51. The molecule has 0 radical (unpaired) electrons. The molecule has 0 aromatic heterocycles. The van der Waals surface area contributed by atoms with E-state index in [0.29, 0.717) is 17.7 Å². The molecule has 1 fully saturated rings. The zero-order chi connectivity index (χ0) is 19.4. The summed E-state index contributed by atoms with van der Waals surface area (Å²) in [4.78, 5) is 13.8.